The van der Waals surface area contributed by atoms with Crippen LogP contribution in [0.4, 0.5) is 4.79 Å². The van der Waals surface area contributed by atoms with E-state index >= 15 is 0 Å². The largest absolute Gasteiger partial charge is 0.484 e. The van der Waals surface area contributed by atoms with Gasteiger partial charge in [0.1, 0.15) is 34.8 Å². The molecule has 0 fully saturated rings. The highest BCUT2D eigenvalue weighted by Crippen LogP contribution is 2.24. The lowest BCUT2D eigenvalue weighted by Crippen LogP contribution is -2.53. The number of unbranched alkanes of at least 4 members (excludes halogenated alkanes) is 1. The molecule has 16 nitrogen and oxygen atoms in total. The van der Waals surface area contributed by atoms with Gasteiger partial charge in [0, 0.05) is 31.8 Å². The molecule has 0 aliphatic rings. The molecule has 7 N–H and O–H groups in total. The summed E-state index contributed by atoms with van der Waals surface area (Å²) in [5, 5.41) is 20.9. The van der Waals surface area contributed by atoms with Gasteiger partial charge >= 0.3 is 23.9 Å². The molecule has 0 bridgehead atoms. The van der Waals surface area contributed by atoms with Crippen LogP contribution in [-0.2, 0) is 51.1 Å². The normalized spacial score (nSPS) is 13.6. The van der Waals surface area contributed by atoms with Crippen LogP contribution in [0.3, 0.4) is 0 Å². The van der Waals surface area contributed by atoms with Crippen molar-refractivity contribution in [2.75, 3.05) is 19.7 Å². The first kappa shape index (κ1) is 52.6. The Morgan fingerprint density at radius 3 is 1.89 bits per heavy atom. The van der Waals surface area contributed by atoms with Crippen molar-refractivity contribution in [3.8, 4) is 5.75 Å². The lowest BCUT2D eigenvalue weighted by molar-refractivity contribution is -0.158. The van der Waals surface area contributed by atoms with Crippen LogP contribution in [-0.4, -0.2) is 95.7 Å². The first-order chi connectivity index (χ1) is 28.8. The minimum Gasteiger partial charge on any atom is -0.484 e. The second kappa shape index (κ2) is 24.8. The molecule has 0 aliphatic carbocycles. The lowest BCUT2D eigenvalue weighted by Gasteiger charge is -2.32. The number of ether oxygens (including phenoxy) is 3. The Kier molecular flexibility index (Phi) is 21.1. The van der Waals surface area contributed by atoms with Gasteiger partial charge in [0.25, 0.3) is 5.91 Å². The molecule has 16 heteroatoms. The van der Waals surface area contributed by atoms with Gasteiger partial charge in [0.05, 0.1) is 12.5 Å². The molecule has 0 heterocycles. The van der Waals surface area contributed by atoms with E-state index in [0.717, 1.165) is 5.56 Å². The van der Waals surface area contributed by atoms with Gasteiger partial charge in [-0.15, -0.1) is 0 Å². The number of carbonyl (C=O) groups excluding carboxylic acids is 6. The number of aliphatic carboxylic acids is 1. The number of carbonyl (C=O) groups is 7. The van der Waals surface area contributed by atoms with E-state index in [1.165, 1.54) is 0 Å². The number of Topliss-reactive ketones (excluding diaryl/α,β-unsaturated/α-hetero) is 1. The predicted molar refractivity (Wildman–Crippen MR) is 234 cm³/mol. The molecule has 0 aromatic heterocycles. The molecule has 62 heavy (non-hydrogen) atoms. The monoisotopic (exact) mass is 867 g/mol. The SMILES string of the molecule is CC(C)(C)OC(=O)CC[C@H](NC(=O)N[C@@H](CCCCNC(=O)[C@H](Cc1ccccc1)NC(=O)COc1ccc(C[C@H](CC(=O)CN)C(=O)O)cc1)C(C)(C)C)C(=O)OC(C)(C)C. The van der Waals surface area contributed by atoms with Crippen LogP contribution in [0.25, 0.3) is 0 Å². The molecule has 2 rings (SSSR count). The maximum atomic E-state index is 13.5. The summed E-state index contributed by atoms with van der Waals surface area (Å²) in [7, 11) is 0. The highest BCUT2D eigenvalue weighted by molar-refractivity contribution is 5.88. The van der Waals surface area contributed by atoms with Gasteiger partial charge in [-0.05, 0) is 102 Å². The molecule has 4 atom stereocenters. The quantitative estimate of drug-likeness (QED) is 0.0617. The molecule has 344 valence electrons. The summed E-state index contributed by atoms with van der Waals surface area (Å²) in [5.41, 5.74) is 4.98. The standard InChI is InChI=1S/C46H69N5O11/c1-44(2,3)37(51-43(59)50-35(42(58)62-46(7,8)9)22-23-39(54)61-45(4,5)6)17-13-14-24-48-40(55)36(26-30-15-11-10-12-16-30)49-38(53)29-60-34-20-18-31(19-21-34)25-32(41(56)57)27-33(52)28-47/h10-12,15-16,18-21,32,35-37H,13-14,17,22-29,47H2,1-9H3,(H,48,55)(H,49,53)(H,56,57)(H2,50,51,59)/t32-,35+,36+,37+/m1/s1. The number of nitrogens with one attached hydrogen (secondary N) is 4. The minimum atomic E-state index is -1.09. The Bertz CT molecular complexity index is 1780. The van der Waals surface area contributed by atoms with Gasteiger partial charge in [0.15, 0.2) is 6.61 Å². The molecule has 0 saturated carbocycles. The first-order valence-electron chi connectivity index (χ1n) is 21.1. The maximum absolute atomic E-state index is 13.5. The number of carboxylic acid groups (broad SMARTS) is 1. The zero-order valence-electron chi connectivity index (χ0n) is 37.9. The molecule has 0 unspecified atom stereocenters. The zero-order valence-corrected chi connectivity index (χ0v) is 37.9. The van der Waals surface area contributed by atoms with E-state index in [-0.39, 0.29) is 68.4 Å². The summed E-state index contributed by atoms with van der Waals surface area (Å²) in [5.74, 6) is -4.05. The average molecular weight is 868 g/mol. The fourth-order valence-electron chi connectivity index (χ4n) is 6.22. The van der Waals surface area contributed by atoms with E-state index in [4.69, 9.17) is 19.9 Å². The summed E-state index contributed by atoms with van der Waals surface area (Å²) < 4.78 is 16.6. The number of carboxylic acids is 1. The second-order valence-corrected chi connectivity index (χ2v) is 18.5. The van der Waals surface area contributed by atoms with Crippen LogP contribution < -0.4 is 31.7 Å². The van der Waals surface area contributed by atoms with E-state index < -0.39 is 59.0 Å². The van der Waals surface area contributed by atoms with E-state index in [1.54, 1.807) is 65.8 Å². The molecule has 0 radical (unpaired) electrons. The number of hydrogen-bond acceptors (Lipinski definition) is 11. The van der Waals surface area contributed by atoms with E-state index in [0.29, 0.717) is 37.1 Å². The van der Waals surface area contributed by atoms with Crippen LogP contribution in [0.5, 0.6) is 5.75 Å². The fourth-order valence-corrected chi connectivity index (χ4v) is 6.22. The number of nitrogens with two attached hydrogens (primary N) is 1. The molecule has 0 spiro atoms. The highest BCUT2D eigenvalue weighted by Gasteiger charge is 2.31. The Hall–Kier alpha value is -5.51. The first-order valence-corrected chi connectivity index (χ1v) is 21.1. The van der Waals surface area contributed by atoms with Crippen molar-refractivity contribution in [1.82, 2.24) is 21.3 Å². The molecular formula is C46H69N5O11. The number of rotatable bonds is 24. The molecule has 4 amide bonds. The van der Waals surface area contributed by atoms with Gasteiger partial charge in [0.2, 0.25) is 5.91 Å². The Labute approximate surface area is 366 Å². The third-order valence-corrected chi connectivity index (χ3v) is 9.38. The topological polar surface area (TPSA) is 242 Å². The zero-order chi connectivity index (χ0) is 46.7. The third kappa shape index (κ3) is 21.8. The van der Waals surface area contributed by atoms with Gasteiger partial charge < -0.3 is 46.3 Å². The molecule has 0 aliphatic heterocycles. The average Bonchev–Trinajstić information content (AvgIpc) is 3.16. The fraction of sp³-hybridized carbons (Fsp3) is 0.587. The summed E-state index contributed by atoms with van der Waals surface area (Å²) in [6, 6.07) is 12.9. The number of ketones is 1. The van der Waals surface area contributed by atoms with Crippen molar-refractivity contribution in [1.29, 1.82) is 0 Å². The van der Waals surface area contributed by atoms with Gasteiger partial charge in [-0.2, -0.15) is 0 Å². The predicted octanol–water partition coefficient (Wildman–Crippen LogP) is 4.79. The van der Waals surface area contributed by atoms with Crippen LogP contribution >= 0.6 is 0 Å². The summed E-state index contributed by atoms with van der Waals surface area (Å²) >= 11 is 0. The van der Waals surface area contributed by atoms with E-state index in [9.17, 15) is 38.7 Å². The number of esters is 2. The number of hydrogen-bond donors (Lipinski definition) is 6. The van der Waals surface area contributed by atoms with Crippen molar-refractivity contribution < 1.29 is 52.9 Å². The van der Waals surface area contributed by atoms with Gasteiger partial charge in [-0.25, -0.2) is 9.59 Å². The van der Waals surface area contributed by atoms with E-state index in [2.05, 4.69) is 21.3 Å². The van der Waals surface area contributed by atoms with Crippen molar-refractivity contribution >= 4 is 41.5 Å². The van der Waals surface area contributed by atoms with Crippen LogP contribution in [0.2, 0.25) is 0 Å². The van der Waals surface area contributed by atoms with Crippen molar-refractivity contribution in [3.63, 3.8) is 0 Å². The third-order valence-electron chi connectivity index (χ3n) is 9.38. The number of urea groups is 1. The maximum Gasteiger partial charge on any atom is 0.329 e. The van der Waals surface area contributed by atoms with Crippen LogP contribution in [0, 0.1) is 11.3 Å². The van der Waals surface area contributed by atoms with E-state index in [1.807, 2.05) is 51.1 Å². The Morgan fingerprint density at radius 1 is 0.710 bits per heavy atom. The summed E-state index contributed by atoms with van der Waals surface area (Å²) in [4.78, 5) is 88.6. The molecule has 0 saturated heterocycles. The van der Waals surface area contributed by atoms with Crippen LogP contribution in [0.1, 0.15) is 112 Å². The Morgan fingerprint density at radius 2 is 1.32 bits per heavy atom. The van der Waals surface area contributed by atoms with Crippen molar-refractivity contribution in [2.45, 2.75) is 143 Å². The van der Waals surface area contributed by atoms with Crippen molar-refractivity contribution in [3.05, 3.63) is 65.7 Å². The molecular weight excluding hydrogens is 799 g/mol. The minimum absolute atomic E-state index is 0.0103. The van der Waals surface area contributed by atoms with Crippen molar-refractivity contribution in [2.24, 2.45) is 17.1 Å². The second-order valence-electron chi connectivity index (χ2n) is 18.5. The lowest BCUT2D eigenvalue weighted by atomic mass is 9.84. The summed E-state index contributed by atoms with van der Waals surface area (Å²) in [6.07, 6.45) is 1.83. The number of benzene rings is 2. The molecule has 2 aromatic carbocycles. The Balaban J connectivity index is 1.98. The summed E-state index contributed by atoms with van der Waals surface area (Å²) in [6.45, 7) is 16.0. The van der Waals surface area contributed by atoms with Gasteiger partial charge in [-0.3, -0.25) is 24.0 Å². The van der Waals surface area contributed by atoms with Gasteiger partial charge in [-0.1, -0.05) is 63.2 Å². The highest BCUT2D eigenvalue weighted by atomic mass is 16.6. The number of amides is 4. The smallest absolute Gasteiger partial charge is 0.329 e. The van der Waals surface area contributed by atoms with Crippen LogP contribution in [0.15, 0.2) is 54.6 Å². The molecule has 2 aromatic rings.